The van der Waals surface area contributed by atoms with Crippen LogP contribution in [-0.2, 0) is 31.4 Å². The van der Waals surface area contributed by atoms with Gasteiger partial charge in [-0.15, -0.1) is 26.3 Å². The number of hydrogen-bond donors (Lipinski definition) is 1. The SMILES string of the molecule is CC(C)(C)[S@@](=O)N=C(COC(F)(F)F)c1cccc(OC(F)F)c1.CC(C)(C)[S@@](=O)N[C@@H](COC(F)(F)F)c1cccc(OC(F)F)c1. The van der Waals surface area contributed by atoms with Gasteiger partial charge in [0.2, 0.25) is 0 Å². The fraction of sp³-hybridized carbons (Fsp3) is 0.536. The van der Waals surface area contributed by atoms with E-state index in [1.165, 1.54) is 36.4 Å². The van der Waals surface area contributed by atoms with Crippen molar-refractivity contribution in [3.05, 3.63) is 59.7 Å². The molecule has 0 aliphatic rings. The van der Waals surface area contributed by atoms with E-state index in [1.54, 1.807) is 41.5 Å². The van der Waals surface area contributed by atoms with E-state index in [1.807, 2.05) is 0 Å². The minimum atomic E-state index is -4.92. The molecule has 20 heteroatoms. The first kappa shape index (κ1) is 43.2. The first-order valence-electron chi connectivity index (χ1n) is 13.5. The van der Waals surface area contributed by atoms with Crippen LogP contribution in [0.1, 0.15) is 58.7 Å². The fourth-order valence-corrected chi connectivity index (χ4v) is 4.44. The van der Waals surface area contributed by atoms with Gasteiger partial charge < -0.3 is 9.47 Å². The van der Waals surface area contributed by atoms with Crippen LogP contribution in [0.5, 0.6) is 11.5 Å². The summed E-state index contributed by atoms with van der Waals surface area (Å²) in [5.74, 6) is -0.480. The van der Waals surface area contributed by atoms with Gasteiger partial charge in [-0.05, 0) is 71.4 Å². The quantitative estimate of drug-likeness (QED) is 0.165. The van der Waals surface area contributed by atoms with Crippen LogP contribution in [0.3, 0.4) is 0 Å². The average molecular weight is 749 g/mol. The van der Waals surface area contributed by atoms with Crippen LogP contribution < -0.4 is 14.2 Å². The maximum absolute atomic E-state index is 12.3. The van der Waals surface area contributed by atoms with Crippen LogP contribution >= 0.6 is 0 Å². The van der Waals surface area contributed by atoms with Crippen molar-refractivity contribution in [3.63, 3.8) is 0 Å². The first-order chi connectivity index (χ1) is 21.8. The summed E-state index contributed by atoms with van der Waals surface area (Å²) in [7, 11) is -3.56. The van der Waals surface area contributed by atoms with E-state index in [0.29, 0.717) is 0 Å². The Labute approximate surface area is 275 Å². The first-order valence-corrected chi connectivity index (χ1v) is 15.7. The lowest BCUT2D eigenvalue weighted by atomic mass is 10.1. The van der Waals surface area contributed by atoms with Gasteiger partial charge in [-0.2, -0.15) is 22.0 Å². The molecule has 0 aliphatic heterocycles. The van der Waals surface area contributed by atoms with Gasteiger partial charge >= 0.3 is 25.9 Å². The molecule has 0 saturated carbocycles. The minimum Gasteiger partial charge on any atom is -0.435 e. The maximum atomic E-state index is 12.3. The number of alkyl halides is 10. The number of hydrogen-bond acceptors (Lipinski definition) is 6. The summed E-state index contributed by atoms with van der Waals surface area (Å²) in [6.45, 7) is 1.63. The molecular weight excluding hydrogens is 714 g/mol. The van der Waals surface area contributed by atoms with Gasteiger partial charge in [-0.3, -0.25) is 9.47 Å². The van der Waals surface area contributed by atoms with Gasteiger partial charge in [0.05, 0.1) is 45.4 Å². The van der Waals surface area contributed by atoms with Crippen molar-refractivity contribution >= 4 is 27.7 Å². The third-order valence-corrected chi connectivity index (χ3v) is 8.23. The van der Waals surface area contributed by atoms with Crippen molar-refractivity contribution in [2.75, 3.05) is 13.2 Å². The normalized spacial score (nSPS) is 15.1. The van der Waals surface area contributed by atoms with E-state index in [-0.39, 0.29) is 28.3 Å². The number of benzene rings is 2. The molecule has 0 spiro atoms. The molecule has 0 unspecified atom stereocenters. The predicted molar refractivity (Wildman–Crippen MR) is 158 cm³/mol. The summed E-state index contributed by atoms with van der Waals surface area (Å²) in [4.78, 5) is 0. The lowest BCUT2D eigenvalue weighted by Gasteiger charge is -2.25. The summed E-state index contributed by atoms with van der Waals surface area (Å²) in [6.07, 6.45) is -9.79. The summed E-state index contributed by atoms with van der Waals surface area (Å²) < 4.78 is 168. The molecule has 3 atom stereocenters. The molecule has 274 valence electrons. The number of nitrogens with one attached hydrogen (secondary N) is 1. The zero-order chi connectivity index (χ0) is 37.1. The van der Waals surface area contributed by atoms with E-state index in [9.17, 15) is 52.3 Å². The summed E-state index contributed by atoms with van der Waals surface area (Å²) in [6, 6.07) is 8.90. The minimum absolute atomic E-state index is 0.0370. The highest BCUT2D eigenvalue weighted by Crippen LogP contribution is 2.26. The summed E-state index contributed by atoms with van der Waals surface area (Å²) in [5.41, 5.74) is -0.0784. The van der Waals surface area contributed by atoms with E-state index in [0.717, 1.165) is 12.1 Å². The Balaban J connectivity index is 0.000000480. The van der Waals surface area contributed by atoms with Gasteiger partial charge in [-0.25, -0.2) is 13.1 Å². The van der Waals surface area contributed by atoms with Crippen LogP contribution in [0, 0.1) is 0 Å². The predicted octanol–water partition coefficient (Wildman–Crippen LogP) is 7.99. The van der Waals surface area contributed by atoms with Crippen molar-refractivity contribution in [3.8, 4) is 11.5 Å². The van der Waals surface area contributed by atoms with E-state index < -0.39 is 76.7 Å². The van der Waals surface area contributed by atoms with Gasteiger partial charge in [0, 0.05) is 5.56 Å². The number of nitrogens with zero attached hydrogens (tertiary/aromatic N) is 1. The van der Waals surface area contributed by atoms with Crippen LogP contribution in [0.25, 0.3) is 0 Å². The lowest BCUT2D eigenvalue weighted by molar-refractivity contribution is -0.326. The average Bonchev–Trinajstić information content (AvgIpc) is 2.91. The molecule has 8 nitrogen and oxygen atoms in total. The van der Waals surface area contributed by atoms with Crippen LogP contribution in [0.2, 0.25) is 0 Å². The van der Waals surface area contributed by atoms with Gasteiger partial charge in [0.1, 0.15) is 22.5 Å². The Morgan fingerprint density at radius 2 is 1.25 bits per heavy atom. The fourth-order valence-electron chi connectivity index (χ4n) is 2.99. The van der Waals surface area contributed by atoms with E-state index >= 15 is 0 Å². The van der Waals surface area contributed by atoms with Crippen LogP contribution in [-0.4, -0.2) is 62.8 Å². The number of rotatable bonds is 13. The lowest BCUT2D eigenvalue weighted by Crippen LogP contribution is -2.38. The second kappa shape index (κ2) is 18.3. The smallest absolute Gasteiger partial charge is 0.435 e. The second-order valence-electron chi connectivity index (χ2n) is 11.3. The standard InChI is InChI=1S/C14H18F5NO3S.C14H16F5NO3S/c2*1-13(2,3)24(21)20-11(8-22-14(17,18)19)9-5-4-6-10(7-9)23-12(15)16/h4-7,11-12,20H,8H2,1-3H3;4-7,12H,8H2,1-3H3/t11-,24+;24-/m01/s1. The molecule has 2 rings (SSSR count). The molecule has 0 radical (unpaired) electrons. The zero-order valence-electron chi connectivity index (χ0n) is 26.3. The molecule has 0 fully saturated rings. The molecule has 2 aromatic carbocycles. The third-order valence-electron chi connectivity index (χ3n) is 5.19. The van der Waals surface area contributed by atoms with Gasteiger partial charge in [0.25, 0.3) is 0 Å². The number of ether oxygens (including phenoxy) is 4. The molecule has 48 heavy (non-hydrogen) atoms. The van der Waals surface area contributed by atoms with Gasteiger partial charge in [0.15, 0.2) is 0 Å². The largest absolute Gasteiger partial charge is 0.522 e. The van der Waals surface area contributed by atoms with Crippen LogP contribution in [0.15, 0.2) is 52.9 Å². The van der Waals surface area contributed by atoms with Crippen molar-refractivity contribution in [2.45, 2.75) is 83.0 Å². The van der Waals surface area contributed by atoms with Gasteiger partial charge in [-0.1, -0.05) is 24.3 Å². The molecule has 0 bridgehead atoms. The Morgan fingerprint density at radius 1 is 0.750 bits per heavy atom. The highest BCUT2D eigenvalue weighted by atomic mass is 32.2. The Bertz CT molecular complexity index is 1380. The molecule has 0 amide bonds. The molecule has 0 aliphatic carbocycles. The van der Waals surface area contributed by atoms with Crippen molar-refractivity contribution in [2.24, 2.45) is 4.40 Å². The van der Waals surface area contributed by atoms with Crippen molar-refractivity contribution in [1.82, 2.24) is 4.72 Å². The third kappa shape index (κ3) is 18.1. The molecule has 0 saturated heterocycles. The summed E-state index contributed by atoms with van der Waals surface area (Å²) in [5, 5.41) is 0. The molecule has 1 N–H and O–H groups in total. The Hall–Kier alpha value is -2.81. The maximum Gasteiger partial charge on any atom is 0.522 e. The Kier molecular flexibility index (Phi) is 16.4. The highest BCUT2D eigenvalue weighted by Gasteiger charge is 2.33. The highest BCUT2D eigenvalue weighted by molar-refractivity contribution is 7.85. The monoisotopic (exact) mass is 748 g/mol. The molecule has 0 heterocycles. The van der Waals surface area contributed by atoms with Crippen molar-refractivity contribution in [1.29, 1.82) is 0 Å². The Morgan fingerprint density at radius 3 is 1.71 bits per heavy atom. The summed E-state index contributed by atoms with van der Waals surface area (Å²) >= 11 is 0. The second-order valence-corrected chi connectivity index (χ2v) is 15.2. The molecule has 2 aromatic rings. The topological polar surface area (TPSA) is 95.5 Å². The molecular formula is C28H34F10N2O6S2. The number of halogens is 10. The zero-order valence-corrected chi connectivity index (χ0v) is 27.9. The van der Waals surface area contributed by atoms with Crippen molar-refractivity contribution < 1.29 is 71.3 Å². The molecule has 0 aromatic heterocycles. The van der Waals surface area contributed by atoms with Crippen LogP contribution in [0.4, 0.5) is 43.9 Å². The van der Waals surface area contributed by atoms with E-state index in [4.69, 9.17) is 0 Å². The van der Waals surface area contributed by atoms with E-state index in [2.05, 4.69) is 28.1 Å².